The van der Waals surface area contributed by atoms with E-state index in [1.54, 1.807) is 0 Å². The van der Waals surface area contributed by atoms with E-state index in [1.165, 1.54) is 5.56 Å². The smallest absolute Gasteiger partial charge is 0.147 e. The van der Waals surface area contributed by atoms with E-state index < -0.39 is 0 Å². The van der Waals surface area contributed by atoms with Gasteiger partial charge in [-0.05, 0) is 12.6 Å². The molecule has 0 N–H and O–H groups in total. The predicted octanol–water partition coefficient (Wildman–Crippen LogP) is 1.49. The third kappa shape index (κ3) is 3.30. The molecule has 1 aliphatic rings. The topological polar surface area (TPSA) is 21.7 Å². The van der Waals surface area contributed by atoms with E-state index >= 15 is 0 Å². The Hall–Kier alpha value is -0.900. The van der Waals surface area contributed by atoms with Crippen LogP contribution in [0.2, 0.25) is 0 Å². The van der Waals surface area contributed by atoms with Crippen LogP contribution in [0.3, 0.4) is 0 Å². The summed E-state index contributed by atoms with van der Waals surface area (Å²) >= 11 is 0. The molecule has 1 aliphatic heterocycles. The molecular formula is C12H17NO2. The lowest BCUT2D eigenvalue weighted by molar-refractivity contribution is -0.134. The molecule has 0 atom stereocenters. The number of rotatable bonds is 5. The maximum Gasteiger partial charge on any atom is 0.147 e. The van der Waals surface area contributed by atoms with Gasteiger partial charge in [0.1, 0.15) is 6.79 Å². The first-order chi connectivity index (χ1) is 7.34. The summed E-state index contributed by atoms with van der Waals surface area (Å²) in [6, 6.07) is 10.1. The molecule has 1 aromatic carbocycles. The van der Waals surface area contributed by atoms with Gasteiger partial charge in [-0.15, -0.1) is 0 Å². The maximum absolute atomic E-state index is 5.51. The molecule has 0 amide bonds. The SMILES string of the molecule is CN1CC(OCOCc2ccccc2)C1. The van der Waals surface area contributed by atoms with Crippen LogP contribution in [0.1, 0.15) is 5.56 Å². The number of hydrogen-bond donors (Lipinski definition) is 0. The molecule has 15 heavy (non-hydrogen) atoms. The monoisotopic (exact) mass is 207 g/mol. The van der Waals surface area contributed by atoms with Crippen molar-refractivity contribution in [2.24, 2.45) is 0 Å². The average Bonchev–Trinajstić information content (AvgIpc) is 2.23. The number of ether oxygens (including phenoxy) is 2. The van der Waals surface area contributed by atoms with E-state index in [1.807, 2.05) is 18.2 Å². The fourth-order valence-corrected chi connectivity index (χ4v) is 1.63. The molecule has 0 unspecified atom stereocenters. The van der Waals surface area contributed by atoms with Crippen LogP contribution in [0, 0.1) is 0 Å². The van der Waals surface area contributed by atoms with Crippen molar-refractivity contribution in [3.8, 4) is 0 Å². The van der Waals surface area contributed by atoms with Crippen molar-refractivity contribution in [3.63, 3.8) is 0 Å². The molecule has 1 saturated heterocycles. The lowest BCUT2D eigenvalue weighted by atomic mass is 10.2. The van der Waals surface area contributed by atoms with Crippen LogP contribution >= 0.6 is 0 Å². The van der Waals surface area contributed by atoms with Crippen LogP contribution in [-0.4, -0.2) is 37.9 Å². The van der Waals surface area contributed by atoms with Crippen molar-refractivity contribution in [1.29, 1.82) is 0 Å². The largest absolute Gasteiger partial charge is 0.351 e. The van der Waals surface area contributed by atoms with E-state index in [0.29, 0.717) is 19.5 Å². The van der Waals surface area contributed by atoms with Crippen LogP contribution in [0.4, 0.5) is 0 Å². The highest BCUT2D eigenvalue weighted by molar-refractivity contribution is 5.13. The molecule has 3 heteroatoms. The first-order valence-electron chi connectivity index (χ1n) is 5.26. The molecule has 3 nitrogen and oxygen atoms in total. The standard InChI is InChI=1S/C12H17NO2/c1-13-7-12(8-13)15-10-14-9-11-5-3-2-4-6-11/h2-6,12H,7-10H2,1H3. The highest BCUT2D eigenvalue weighted by Gasteiger charge is 2.23. The Bertz CT molecular complexity index is 283. The van der Waals surface area contributed by atoms with E-state index in [4.69, 9.17) is 9.47 Å². The molecule has 1 heterocycles. The second-order valence-electron chi connectivity index (χ2n) is 3.96. The van der Waals surface area contributed by atoms with Crippen LogP contribution in [-0.2, 0) is 16.1 Å². The first kappa shape index (κ1) is 10.6. The number of likely N-dealkylation sites (tertiary alicyclic amines) is 1. The molecular weight excluding hydrogens is 190 g/mol. The Kier molecular flexibility index (Phi) is 3.72. The number of hydrogen-bond acceptors (Lipinski definition) is 3. The third-order valence-corrected chi connectivity index (χ3v) is 2.53. The molecule has 0 aromatic heterocycles. The highest BCUT2D eigenvalue weighted by Crippen LogP contribution is 2.08. The second-order valence-corrected chi connectivity index (χ2v) is 3.96. The van der Waals surface area contributed by atoms with Crippen molar-refractivity contribution in [3.05, 3.63) is 35.9 Å². The van der Waals surface area contributed by atoms with Crippen molar-refractivity contribution >= 4 is 0 Å². The van der Waals surface area contributed by atoms with Crippen LogP contribution < -0.4 is 0 Å². The molecule has 82 valence electrons. The van der Waals surface area contributed by atoms with E-state index in [9.17, 15) is 0 Å². The van der Waals surface area contributed by atoms with E-state index in [2.05, 4.69) is 24.1 Å². The number of likely N-dealkylation sites (N-methyl/N-ethyl adjacent to an activating group) is 1. The zero-order valence-electron chi connectivity index (χ0n) is 9.06. The number of nitrogens with zero attached hydrogens (tertiary/aromatic N) is 1. The summed E-state index contributed by atoms with van der Waals surface area (Å²) < 4.78 is 10.9. The predicted molar refractivity (Wildman–Crippen MR) is 58.5 cm³/mol. The quantitative estimate of drug-likeness (QED) is 0.539. The molecule has 0 spiro atoms. The fourth-order valence-electron chi connectivity index (χ4n) is 1.63. The van der Waals surface area contributed by atoms with Gasteiger partial charge >= 0.3 is 0 Å². The Balaban J connectivity index is 1.56. The first-order valence-corrected chi connectivity index (χ1v) is 5.26. The van der Waals surface area contributed by atoms with E-state index in [0.717, 1.165) is 13.1 Å². The summed E-state index contributed by atoms with van der Waals surface area (Å²) in [5, 5.41) is 0. The van der Waals surface area contributed by atoms with Gasteiger partial charge in [0, 0.05) is 13.1 Å². The number of benzene rings is 1. The van der Waals surface area contributed by atoms with Gasteiger partial charge in [-0.1, -0.05) is 30.3 Å². The highest BCUT2D eigenvalue weighted by atomic mass is 16.7. The van der Waals surface area contributed by atoms with Gasteiger partial charge < -0.3 is 14.4 Å². The fraction of sp³-hybridized carbons (Fsp3) is 0.500. The van der Waals surface area contributed by atoms with Gasteiger partial charge in [0.15, 0.2) is 0 Å². The lowest BCUT2D eigenvalue weighted by Gasteiger charge is -2.35. The summed E-state index contributed by atoms with van der Waals surface area (Å²) in [7, 11) is 2.09. The minimum atomic E-state index is 0.366. The molecule has 0 bridgehead atoms. The van der Waals surface area contributed by atoms with E-state index in [-0.39, 0.29) is 0 Å². The molecule has 0 radical (unpaired) electrons. The Labute approximate surface area is 90.6 Å². The minimum absolute atomic E-state index is 0.366. The zero-order valence-corrected chi connectivity index (χ0v) is 9.06. The van der Waals surface area contributed by atoms with Gasteiger partial charge in [0.05, 0.1) is 12.7 Å². The van der Waals surface area contributed by atoms with Crippen molar-refractivity contribution < 1.29 is 9.47 Å². The summed E-state index contributed by atoms with van der Waals surface area (Å²) in [5.74, 6) is 0. The Morgan fingerprint density at radius 2 is 2.00 bits per heavy atom. The molecule has 1 fully saturated rings. The summed E-state index contributed by atoms with van der Waals surface area (Å²) in [6.45, 7) is 3.07. The van der Waals surface area contributed by atoms with Gasteiger partial charge in [0.2, 0.25) is 0 Å². The minimum Gasteiger partial charge on any atom is -0.351 e. The molecule has 0 saturated carbocycles. The third-order valence-electron chi connectivity index (χ3n) is 2.53. The summed E-state index contributed by atoms with van der Waals surface area (Å²) in [5.41, 5.74) is 1.19. The summed E-state index contributed by atoms with van der Waals surface area (Å²) in [4.78, 5) is 2.22. The average molecular weight is 207 g/mol. The van der Waals surface area contributed by atoms with Crippen LogP contribution in [0.5, 0.6) is 0 Å². The molecule has 0 aliphatic carbocycles. The summed E-state index contributed by atoms with van der Waals surface area (Å²) in [6.07, 6.45) is 0.366. The van der Waals surface area contributed by atoms with Crippen LogP contribution in [0.15, 0.2) is 30.3 Å². The molecule has 2 rings (SSSR count). The normalized spacial score (nSPS) is 17.7. The second kappa shape index (κ2) is 5.26. The van der Waals surface area contributed by atoms with Gasteiger partial charge in [0.25, 0.3) is 0 Å². The molecule has 1 aromatic rings. The lowest BCUT2D eigenvalue weighted by Crippen LogP contribution is -2.49. The van der Waals surface area contributed by atoms with Crippen molar-refractivity contribution in [2.45, 2.75) is 12.7 Å². The van der Waals surface area contributed by atoms with Gasteiger partial charge in [-0.3, -0.25) is 0 Å². The van der Waals surface area contributed by atoms with Crippen molar-refractivity contribution in [2.75, 3.05) is 26.9 Å². The zero-order chi connectivity index (χ0) is 10.5. The Morgan fingerprint density at radius 3 is 2.67 bits per heavy atom. The van der Waals surface area contributed by atoms with Gasteiger partial charge in [-0.2, -0.15) is 0 Å². The van der Waals surface area contributed by atoms with Crippen LogP contribution in [0.25, 0.3) is 0 Å². The Morgan fingerprint density at radius 1 is 1.27 bits per heavy atom. The van der Waals surface area contributed by atoms with Crippen molar-refractivity contribution in [1.82, 2.24) is 4.90 Å². The van der Waals surface area contributed by atoms with Gasteiger partial charge in [-0.25, -0.2) is 0 Å². The maximum atomic E-state index is 5.51.